The molecule has 0 N–H and O–H groups in total. The van der Waals surface area contributed by atoms with Gasteiger partial charge in [0.05, 0.1) is 12.8 Å². The zero-order valence-corrected chi connectivity index (χ0v) is 12.6. The van der Waals surface area contributed by atoms with Crippen LogP contribution in [0.25, 0.3) is 11.3 Å². The van der Waals surface area contributed by atoms with Crippen LogP contribution < -0.4 is 4.74 Å². The Hall–Kier alpha value is -1.61. The zero-order chi connectivity index (χ0) is 14.2. The number of hydrogen-bond acceptors (Lipinski definition) is 3. The molecule has 100 valence electrons. The highest BCUT2D eigenvalue weighted by atomic mass is 35.5. The van der Waals surface area contributed by atoms with Gasteiger partial charge in [-0.2, -0.15) is 0 Å². The van der Waals surface area contributed by atoms with Crippen LogP contribution in [0.15, 0.2) is 12.1 Å². The van der Waals surface area contributed by atoms with Gasteiger partial charge in [-0.25, -0.2) is 0 Å². The molecular weight excluding hydrogens is 260 g/mol. The third-order valence-electron chi connectivity index (χ3n) is 3.46. The van der Waals surface area contributed by atoms with E-state index in [1.54, 1.807) is 7.11 Å². The predicted molar refractivity (Wildman–Crippen MR) is 78.0 cm³/mol. The van der Waals surface area contributed by atoms with Crippen LogP contribution in [0.1, 0.15) is 22.3 Å². The first-order chi connectivity index (χ1) is 8.95. The number of benzene rings is 1. The number of hydrogen-bond donors (Lipinski definition) is 0. The molecule has 0 fully saturated rings. The second-order valence-electron chi connectivity index (χ2n) is 4.73. The van der Waals surface area contributed by atoms with E-state index in [1.807, 2.05) is 33.8 Å². The van der Waals surface area contributed by atoms with Crippen molar-refractivity contribution in [1.82, 2.24) is 10.2 Å². The summed E-state index contributed by atoms with van der Waals surface area (Å²) in [5.74, 6) is 0.887. The van der Waals surface area contributed by atoms with Gasteiger partial charge in [0.25, 0.3) is 0 Å². The molecule has 2 aromatic rings. The molecule has 0 bridgehead atoms. The molecule has 1 aromatic carbocycles. The van der Waals surface area contributed by atoms with Crippen LogP contribution in [0, 0.1) is 27.7 Å². The Bertz CT molecular complexity index is 639. The molecule has 0 saturated carbocycles. The summed E-state index contributed by atoms with van der Waals surface area (Å²) in [6.45, 7) is 8.04. The van der Waals surface area contributed by atoms with Gasteiger partial charge in [0.15, 0.2) is 5.15 Å². The van der Waals surface area contributed by atoms with E-state index in [4.69, 9.17) is 16.3 Å². The SMILES string of the molecule is COc1cc(C)c(-c2nnc(Cl)c(C)c2C)cc1C. The minimum absolute atomic E-state index is 0.462. The standard InChI is InChI=1S/C15H17ClN2O/c1-8-7-13(19-5)9(2)6-12(8)14-10(3)11(4)15(16)18-17-14/h6-7H,1-5H3. The van der Waals surface area contributed by atoms with Crippen LogP contribution in [0.2, 0.25) is 5.15 Å². The van der Waals surface area contributed by atoms with E-state index in [-0.39, 0.29) is 0 Å². The topological polar surface area (TPSA) is 35.0 Å². The first-order valence-electron chi connectivity index (χ1n) is 6.10. The third kappa shape index (κ3) is 2.43. The maximum atomic E-state index is 6.00. The fourth-order valence-electron chi connectivity index (χ4n) is 2.10. The van der Waals surface area contributed by atoms with Crippen LogP contribution in [0.4, 0.5) is 0 Å². The van der Waals surface area contributed by atoms with Gasteiger partial charge in [-0.3, -0.25) is 0 Å². The van der Waals surface area contributed by atoms with Crippen molar-refractivity contribution >= 4 is 11.6 Å². The number of methoxy groups -OCH3 is 1. The third-order valence-corrected chi connectivity index (χ3v) is 3.82. The van der Waals surface area contributed by atoms with Crippen molar-refractivity contribution in [2.24, 2.45) is 0 Å². The van der Waals surface area contributed by atoms with Gasteiger partial charge in [0, 0.05) is 5.56 Å². The van der Waals surface area contributed by atoms with Crippen LogP contribution in [-0.2, 0) is 0 Å². The number of aryl methyl sites for hydroxylation is 2. The first kappa shape index (κ1) is 13.8. The molecule has 0 amide bonds. The lowest BCUT2D eigenvalue weighted by molar-refractivity contribution is 0.411. The van der Waals surface area contributed by atoms with E-state index in [0.717, 1.165) is 39.3 Å². The Balaban J connectivity index is 2.66. The second kappa shape index (κ2) is 5.17. The Labute approximate surface area is 118 Å². The minimum Gasteiger partial charge on any atom is -0.496 e. The van der Waals surface area contributed by atoms with Crippen LogP contribution in [0.3, 0.4) is 0 Å². The lowest BCUT2D eigenvalue weighted by atomic mass is 9.98. The average Bonchev–Trinajstić information content (AvgIpc) is 2.39. The van der Waals surface area contributed by atoms with Gasteiger partial charge in [0.2, 0.25) is 0 Å². The maximum Gasteiger partial charge on any atom is 0.154 e. The van der Waals surface area contributed by atoms with Crippen molar-refractivity contribution in [2.45, 2.75) is 27.7 Å². The van der Waals surface area contributed by atoms with E-state index in [2.05, 4.69) is 16.3 Å². The molecule has 0 aliphatic carbocycles. The summed E-state index contributed by atoms with van der Waals surface area (Å²) in [6.07, 6.45) is 0. The predicted octanol–water partition coefficient (Wildman–Crippen LogP) is 4.04. The normalized spacial score (nSPS) is 10.6. The van der Waals surface area contributed by atoms with E-state index < -0.39 is 0 Å². The summed E-state index contributed by atoms with van der Waals surface area (Å²) in [6, 6.07) is 4.11. The summed E-state index contributed by atoms with van der Waals surface area (Å²) in [5.41, 5.74) is 6.18. The minimum atomic E-state index is 0.462. The summed E-state index contributed by atoms with van der Waals surface area (Å²) >= 11 is 6.00. The second-order valence-corrected chi connectivity index (χ2v) is 5.08. The molecule has 0 radical (unpaired) electrons. The summed E-state index contributed by atoms with van der Waals surface area (Å²) in [5, 5.41) is 8.72. The fourth-order valence-corrected chi connectivity index (χ4v) is 2.28. The van der Waals surface area contributed by atoms with E-state index >= 15 is 0 Å². The van der Waals surface area contributed by atoms with Gasteiger partial charge in [0.1, 0.15) is 5.75 Å². The molecule has 0 atom stereocenters. The van der Waals surface area contributed by atoms with Gasteiger partial charge in [-0.05, 0) is 62.1 Å². The first-order valence-corrected chi connectivity index (χ1v) is 6.48. The lowest BCUT2D eigenvalue weighted by Crippen LogP contribution is -1.99. The van der Waals surface area contributed by atoms with Crippen LogP contribution >= 0.6 is 11.6 Å². The van der Waals surface area contributed by atoms with Gasteiger partial charge in [-0.15, -0.1) is 10.2 Å². The summed E-state index contributed by atoms with van der Waals surface area (Å²) < 4.78 is 5.33. The lowest BCUT2D eigenvalue weighted by Gasteiger charge is -2.13. The maximum absolute atomic E-state index is 6.00. The Morgan fingerprint density at radius 3 is 2.26 bits per heavy atom. The van der Waals surface area contributed by atoms with Crippen LogP contribution in [-0.4, -0.2) is 17.3 Å². The fraction of sp³-hybridized carbons (Fsp3) is 0.333. The summed E-state index contributed by atoms with van der Waals surface area (Å²) in [7, 11) is 1.68. The van der Waals surface area contributed by atoms with Crippen molar-refractivity contribution < 1.29 is 4.74 Å². The molecule has 4 heteroatoms. The van der Waals surface area contributed by atoms with Crippen molar-refractivity contribution in [2.75, 3.05) is 7.11 Å². The van der Waals surface area contributed by atoms with E-state index in [0.29, 0.717) is 5.15 Å². The van der Waals surface area contributed by atoms with Gasteiger partial charge < -0.3 is 4.74 Å². The molecule has 0 aliphatic heterocycles. The highest BCUT2D eigenvalue weighted by Crippen LogP contribution is 2.32. The van der Waals surface area contributed by atoms with Crippen molar-refractivity contribution in [3.63, 3.8) is 0 Å². The molecular formula is C15H17ClN2O. The molecule has 0 unspecified atom stereocenters. The number of nitrogens with zero attached hydrogens (tertiary/aromatic N) is 2. The monoisotopic (exact) mass is 276 g/mol. The number of halogens is 1. The molecule has 3 nitrogen and oxygen atoms in total. The van der Waals surface area contributed by atoms with E-state index in [1.165, 1.54) is 0 Å². The quantitative estimate of drug-likeness (QED) is 0.830. The smallest absolute Gasteiger partial charge is 0.154 e. The van der Waals surface area contributed by atoms with E-state index in [9.17, 15) is 0 Å². The van der Waals surface area contributed by atoms with Crippen molar-refractivity contribution in [1.29, 1.82) is 0 Å². The number of rotatable bonds is 2. The zero-order valence-electron chi connectivity index (χ0n) is 11.8. The van der Waals surface area contributed by atoms with Crippen molar-refractivity contribution in [3.05, 3.63) is 39.5 Å². The molecule has 0 saturated heterocycles. The highest BCUT2D eigenvalue weighted by Gasteiger charge is 2.14. The molecule has 1 aromatic heterocycles. The van der Waals surface area contributed by atoms with Crippen LogP contribution in [0.5, 0.6) is 5.75 Å². The Morgan fingerprint density at radius 1 is 0.947 bits per heavy atom. The molecule has 2 rings (SSSR count). The largest absolute Gasteiger partial charge is 0.496 e. The highest BCUT2D eigenvalue weighted by molar-refractivity contribution is 6.30. The molecule has 19 heavy (non-hydrogen) atoms. The molecule has 1 heterocycles. The number of aromatic nitrogens is 2. The van der Waals surface area contributed by atoms with Gasteiger partial charge >= 0.3 is 0 Å². The van der Waals surface area contributed by atoms with Gasteiger partial charge in [-0.1, -0.05) is 11.6 Å². The molecule has 0 spiro atoms. The molecule has 0 aliphatic rings. The Kier molecular flexibility index (Phi) is 3.76. The van der Waals surface area contributed by atoms with Crippen molar-refractivity contribution in [3.8, 4) is 17.0 Å². The summed E-state index contributed by atoms with van der Waals surface area (Å²) in [4.78, 5) is 0. The average molecular weight is 277 g/mol. The number of ether oxygens (including phenoxy) is 1. The Morgan fingerprint density at radius 2 is 1.63 bits per heavy atom.